The lowest BCUT2D eigenvalue weighted by Crippen LogP contribution is -2.49. The summed E-state index contributed by atoms with van der Waals surface area (Å²) in [4.78, 5) is 30.2. The number of carbonyl (C=O) groups excluding carboxylic acids is 2. The lowest BCUT2D eigenvalue weighted by molar-refractivity contribution is -0.911. The van der Waals surface area contributed by atoms with E-state index >= 15 is 0 Å². The monoisotopic (exact) mass is 1040 g/mol. The number of piperidine rings is 1. The highest BCUT2D eigenvalue weighted by atomic mass is 79.9. The van der Waals surface area contributed by atoms with Crippen molar-refractivity contribution in [1.82, 2.24) is 25.3 Å². The Balaban J connectivity index is 0.000000162. The van der Waals surface area contributed by atoms with Gasteiger partial charge in [0, 0.05) is 97.5 Å². The molecule has 3 aliphatic heterocycles. The molecule has 5 aliphatic rings. The van der Waals surface area contributed by atoms with E-state index in [-0.39, 0.29) is 37.5 Å². The Morgan fingerprint density at radius 3 is 1.91 bits per heavy atom. The molecule has 3 saturated heterocycles. The summed E-state index contributed by atoms with van der Waals surface area (Å²) < 4.78 is 9.60. The molecule has 0 saturated carbocycles. The van der Waals surface area contributed by atoms with Gasteiger partial charge in [-0.15, -0.1) is 0 Å². The van der Waals surface area contributed by atoms with Crippen molar-refractivity contribution in [3.8, 4) is 0 Å². The van der Waals surface area contributed by atoms with E-state index < -0.39 is 0 Å². The SMILES string of the molecule is C.CC(C)OC(=O)N1CCC(CC(=O)N2CCNCC2)CC1.C[C@@H]1c2ccc(Cl)cc2CCc2cc(Br)c[n+](O)c21.Cc1ccc2c(c1)CCc1cc(Br)c[n+](O)c1[C@@H]2N1CCNCC1. The van der Waals surface area contributed by atoms with E-state index in [4.69, 9.17) is 16.3 Å². The van der Waals surface area contributed by atoms with Crippen molar-refractivity contribution in [3.05, 3.63) is 125 Å². The van der Waals surface area contributed by atoms with Crippen LogP contribution in [0.1, 0.15) is 110 Å². The van der Waals surface area contributed by atoms with Crippen molar-refractivity contribution in [2.45, 2.75) is 98.1 Å². The predicted molar refractivity (Wildman–Crippen MR) is 261 cm³/mol. The average Bonchev–Trinajstić information content (AvgIpc) is 3.51. The van der Waals surface area contributed by atoms with Crippen molar-refractivity contribution >= 4 is 55.5 Å². The molecule has 15 heteroatoms. The van der Waals surface area contributed by atoms with Crippen LogP contribution in [0.4, 0.5) is 4.79 Å². The zero-order chi connectivity index (χ0) is 45.5. The minimum atomic E-state index is -0.225. The van der Waals surface area contributed by atoms with Gasteiger partial charge in [-0.1, -0.05) is 48.9 Å². The van der Waals surface area contributed by atoms with Crippen LogP contribution in [-0.2, 0) is 35.2 Å². The second kappa shape index (κ2) is 23.3. The zero-order valence-electron chi connectivity index (χ0n) is 37.6. The summed E-state index contributed by atoms with van der Waals surface area (Å²) in [6.07, 6.45) is 9.38. The number of nitrogens with zero attached hydrogens (tertiary/aromatic N) is 5. The number of benzene rings is 2. The van der Waals surface area contributed by atoms with Crippen LogP contribution in [0.25, 0.3) is 0 Å². The van der Waals surface area contributed by atoms with Gasteiger partial charge in [-0.25, -0.2) is 4.79 Å². The maximum atomic E-state index is 12.2. The van der Waals surface area contributed by atoms with Gasteiger partial charge in [-0.3, -0.25) is 20.1 Å². The van der Waals surface area contributed by atoms with Crippen molar-refractivity contribution in [2.24, 2.45) is 5.92 Å². The van der Waals surface area contributed by atoms with Gasteiger partial charge in [-0.2, -0.15) is 0 Å². The quantitative estimate of drug-likeness (QED) is 0.120. The molecule has 12 nitrogen and oxygen atoms in total. The van der Waals surface area contributed by atoms with Crippen LogP contribution in [0.3, 0.4) is 0 Å². The summed E-state index contributed by atoms with van der Waals surface area (Å²) in [6.45, 7) is 16.8. The summed E-state index contributed by atoms with van der Waals surface area (Å²) in [5.41, 5.74) is 10.9. The van der Waals surface area contributed by atoms with Crippen LogP contribution < -0.4 is 20.1 Å². The highest BCUT2D eigenvalue weighted by Gasteiger charge is 2.38. The number of hydrogen-bond donors (Lipinski definition) is 4. The molecule has 0 radical (unpaired) electrons. The van der Waals surface area contributed by atoms with Crippen LogP contribution >= 0.6 is 43.5 Å². The number of aromatic nitrogens is 2. The standard InChI is InChI=1S/C19H23BrN3O.C15H14BrClNO.C15H27N3O3.CH4/c1-13-2-5-17-14(10-13)3-4-15-11-16(20)12-23(24)18(15)19(17)22-8-6-21-7-9-22;1-9-14-5-4-13(17)7-10(14)2-3-11-6-12(16)8-18(19)15(9)11;1-12(2)21-15(20)18-7-3-13(4-8-18)11-14(19)17-9-5-16-6-10-17;/h2,5,10-12,19,21,24H,3-4,6-9H2,1H3;4-9,19H,2-3H2,1H3;12-13,16H,3-11H2,1-2H3;1H4/q2*+1;;/t19-;9-;;/m11../s1. The van der Waals surface area contributed by atoms with Gasteiger partial charge >= 0.3 is 6.09 Å². The minimum absolute atomic E-state index is 0. The number of likely N-dealkylation sites (tertiary alicyclic amines) is 1. The Bertz CT molecular complexity index is 2280. The third-order valence-corrected chi connectivity index (χ3v) is 14.2. The van der Waals surface area contributed by atoms with Crippen molar-refractivity contribution in [3.63, 3.8) is 0 Å². The first-order valence-electron chi connectivity index (χ1n) is 22.9. The Morgan fingerprint density at radius 2 is 1.29 bits per heavy atom. The zero-order valence-corrected chi connectivity index (χ0v) is 41.5. The Hall–Kier alpha value is -3.79. The molecule has 5 heterocycles. The van der Waals surface area contributed by atoms with Gasteiger partial charge in [0.15, 0.2) is 0 Å². The minimum Gasteiger partial charge on any atom is -0.447 e. The van der Waals surface area contributed by atoms with Gasteiger partial charge < -0.3 is 25.2 Å². The molecule has 4 aromatic rings. The molecule has 65 heavy (non-hydrogen) atoms. The van der Waals surface area contributed by atoms with Crippen LogP contribution in [0, 0.1) is 12.8 Å². The number of hydrogen-bond acceptors (Lipinski definition) is 8. The fourth-order valence-corrected chi connectivity index (χ4v) is 11.0. The van der Waals surface area contributed by atoms with E-state index in [1.807, 2.05) is 30.9 Å². The van der Waals surface area contributed by atoms with Gasteiger partial charge in [-0.05, 0) is 151 Å². The van der Waals surface area contributed by atoms with Gasteiger partial charge in [0.05, 0.1) is 21.0 Å². The number of ether oxygens (including phenoxy) is 1. The van der Waals surface area contributed by atoms with E-state index in [2.05, 4.69) is 97.6 Å². The molecule has 0 bridgehead atoms. The van der Waals surface area contributed by atoms with Gasteiger partial charge in [0.25, 0.3) is 5.69 Å². The molecule has 2 amide bonds. The van der Waals surface area contributed by atoms with E-state index in [1.165, 1.54) is 48.4 Å². The maximum absolute atomic E-state index is 12.2. The van der Waals surface area contributed by atoms with Crippen LogP contribution in [0.15, 0.2) is 69.9 Å². The summed E-state index contributed by atoms with van der Waals surface area (Å²) >= 11 is 13.0. The molecule has 0 spiro atoms. The first-order valence-corrected chi connectivity index (χ1v) is 24.8. The van der Waals surface area contributed by atoms with E-state index in [0.717, 1.165) is 116 Å². The number of halogens is 3. The summed E-state index contributed by atoms with van der Waals surface area (Å²) in [6, 6.07) is 17.2. The lowest BCUT2D eigenvalue weighted by Gasteiger charge is -2.33. The summed E-state index contributed by atoms with van der Waals surface area (Å²) in [5, 5.41) is 28.3. The van der Waals surface area contributed by atoms with Crippen molar-refractivity contribution < 1.29 is 34.2 Å². The molecule has 352 valence electrons. The molecule has 3 fully saturated rings. The molecular weight excluding hydrogens is 974 g/mol. The lowest BCUT2D eigenvalue weighted by atomic mass is 9.93. The normalized spacial score (nSPS) is 19.6. The van der Waals surface area contributed by atoms with E-state index in [1.54, 1.807) is 17.3 Å². The highest BCUT2D eigenvalue weighted by molar-refractivity contribution is 9.10. The number of carbonyl (C=O) groups is 2. The second-order valence-corrected chi connectivity index (χ2v) is 20.2. The Morgan fingerprint density at radius 1 is 0.754 bits per heavy atom. The fourth-order valence-electron chi connectivity index (χ4n) is 9.86. The first kappa shape index (κ1) is 50.6. The number of nitrogens with one attached hydrogen (secondary N) is 2. The largest absolute Gasteiger partial charge is 0.447 e. The smallest absolute Gasteiger partial charge is 0.410 e. The predicted octanol–water partition coefficient (Wildman–Crippen LogP) is 7.95. The number of piperazine rings is 2. The van der Waals surface area contributed by atoms with Crippen LogP contribution in [-0.4, -0.2) is 109 Å². The van der Waals surface area contributed by atoms with E-state index in [0.29, 0.717) is 25.4 Å². The molecule has 4 N–H and O–H groups in total. The Kier molecular flexibility index (Phi) is 18.1. The maximum Gasteiger partial charge on any atom is 0.410 e. The first-order chi connectivity index (χ1) is 30.7. The summed E-state index contributed by atoms with van der Waals surface area (Å²) in [7, 11) is 0. The topological polar surface area (TPSA) is 125 Å². The fraction of sp³-hybridized carbons (Fsp3) is 0.520. The molecule has 9 rings (SSSR count). The number of pyridine rings is 2. The number of aryl methyl sites for hydroxylation is 5. The third-order valence-electron chi connectivity index (χ3n) is 13.1. The Labute approximate surface area is 407 Å². The molecule has 0 unspecified atom stereocenters. The van der Waals surface area contributed by atoms with Crippen LogP contribution in [0.5, 0.6) is 0 Å². The number of amides is 2. The van der Waals surface area contributed by atoms with Gasteiger partial charge in [0.2, 0.25) is 24.0 Å². The summed E-state index contributed by atoms with van der Waals surface area (Å²) in [5.74, 6) is 0.818. The molecular formula is C50H68Br2ClN7O5+2. The number of fused-ring (bicyclic) bond motifs is 4. The molecule has 2 aliphatic carbocycles. The molecule has 2 atom stereocenters. The third kappa shape index (κ3) is 12.8. The number of rotatable bonds is 4. The highest BCUT2D eigenvalue weighted by Crippen LogP contribution is 2.37. The molecule has 2 aromatic heterocycles. The van der Waals surface area contributed by atoms with E-state index in [9.17, 15) is 20.0 Å². The van der Waals surface area contributed by atoms with Crippen molar-refractivity contribution in [1.29, 1.82) is 0 Å². The van der Waals surface area contributed by atoms with Crippen LogP contribution in [0.2, 0.25) is 5.02 Å². The second-order valence-electron chi connectivity index (χ2n) is 18.0. The molecule has 2 aromatic carbocycles. The average molecular weight is 1040 g/mol. The van der Waals surface area contributed by atoms with Gasteiger partial charge in [0.1, 0.15) is 6.04 Å². The van der Waals surface area contributed by atoms with Crippen molar-refractivity contribution in [2.75, 3.05) is 65.4 Å².